The predicted molar refractivity (Wildman–Crippen MR) is 83.9 cm³/mol. The highest BCUT2D eigenvalue weighted by Gasteiger charge is 2.24. The van der Waals surface area contributed by atoms with E-state index in [4.69, 9.17) is 9.72 Å². The van der Waals surface area contributed by atoms with Gasteiger partial charge >= 0.3 is 0 Å². The molecule has 3 aromatic rings. The lowest BCUT2D eigenvalue weighted by atomic mass is 9.96. The van der Waals surface area contributed by atoms with Crippen LogP contribution in [0.15, 0.2) is 36.4 Å². The van der Waals surface area contributed by atoms with E-state index in [0.29, 0.717) is 12.5 Å². The van der Waals surface area contributed by atoms with Crippen LogP contribution in [-0.4, -0.2) is 16.6 Å². The number of fused-ring (bicyclic) bond motifs is 2. The largest absolute Gasteiger partial charge is 0.493 e. The number of nitrogens with zero attached hydrogens (tertiary/aromatic N) is 1. The number of hydrogen-bond acceptors (Lipinski definition) is 2. The molecule has 4 rings (SSSR count). The average Bonchev–Trinajstić information content (AvgIpc) is 2.91. The van der Waals surface area contributed by atoms with Crippen molar-refractivity contribution >= 4 is 11.0 Å². The Hall–Kier alpha value is -2.29. The minimum Gasteiger partial charge on any atom is -0.493 e. The Morgan fingerprint density at radius 3 is 2.95 bits per heavy atom. The van der Waals surface area contributed by atoms with Gasteiger partial charge in [-0.05, 0) is 49.1 Å². The van der Waals surface area contributed by atoms with Crippen LogP contribution in [0.5, 0.6) is 5.75 Å². The monoisotopic (exact) mass is 278 g/mol. The quantitative estimate of drug-likeness (QED) is 0.733. The molecule has 1 atom stereocenters. The summed E-state index contributed by atoms with van der Waals surface area (Å²) < 4.78 is 5.88. The van der Waals surface area contributed by atoms with Crippen molar-refractivity contribution in [2.75, 3.05) is 6.61 Å². The number of nitrogens with one attached hydrogen (secondary N) is 1. The molecule has 2 aromatic carbocycles. The normalized spacial score (nSPS) is 17.5. The van der Waals surface area contributed by atoms with E-state index in [9.17, 15) is 0 Å². The van der Waals surface area contributed by atoms with Crippen LogP contribution in [0.3, 0.4) is 0 Å². The number of benzene rings is 2. The molecule has 1 aliphatic rings. The molecule has 0 radical (unpaired) electrons. The Balaban J connectivity index is 1.73. The molecule has 0 aliphatic carbocycles. The molecular formula is C18H18N2O. The van der Waals surface area contributed by atoms with Crippen molar-refractivity contribution in [1.82, 2.24) is 9.97 Å². The number of aryl methyl sites for hydroxylation is 2. The van der Waals surface area contributed by atoms with Crippen LogP contribution in [0.1, 0.15) is 28.4 Å². The van der Waals surface area contributed by atoms with Gasteiger partial charge in [0, 0.05) is 0 Å². The molecule has 1 aliphatic heterocycles. The van der Waals surface area contributed by atoms with Gasteiger partial charge in [-0.2, -0.15) is 0 Å². The third-order valence-corrected chi connectivity index (χ3v) is 4.21. The van der Waals surface area contributed by atoms with Gasteiger partial charge < -0.3 is 9.72 Å². The zero-order chi connectivity index (χ0) is 14.4. The third-order valence-electron chi connectivity index (χ3n) is 4.21. The summed E-state index contributed by atoms with van der Waals surface area (Å²) in [6, 6.07) is 12.6. The number of ether oxygens (including phenoxy) is 1. The number of H-pyrrole nitrogens is 1. The highest BCUT2D eigenvalue weighted by Crippen LogP contribution is 2.32. The first kappa shape index (κ1) is 12.5. The third kappa shape index (κ3) is 2.09. The summed E-state index contributed by atoms with van der Waals surface area (Å²) in [6.07, 6.45) is 0.980. The van der Waals surface area contributed by atoms with Crippen LogP contribution in [0.2, 0.25) is 0 Å². The number of rotatable bonds is 1. The van der Waals surface area contributed by atoms with Crippen LogP contribution in [0.4, 0.5) is 0 Å². The molecule has 1 unspecified atom stereocenters. The van der Waals surface area contributed by atoms with Gasteiger partial charge in [0.05, 0.1) is 23.6 Å². The minimum atomic E-state index is 0.298. The fraction of sp³-hybridized carbons (Fsp3) is 0.278. The molecule has 3 heteroatoms. The van der Waals surface area contributed by atoms with Gasteiger partial charge in [-0.3, -0.25) is 0 Å². The molecule has 0 fully saturated rings. The van der Waals surface area contributed by atoms with Crippen molar-refractivity contribution < 1.29 is 4.74 Å². The van der Waals surface area contributed by atoms with Gasteiger partial charge in [-0.25, -0.2) is 4.98 Å². The first-order valence-corrected chi connectivity index (χ1v) is 7.38. The van der Waals surface area contributed by atoms with E-state index in [1.165, 1.54) is 16.7 Å². The molecule has 1 N–H and O–H groups in total. The summed E-state index contributed by atoms with van der Waals surface area (Å²) in [6.45, 7) is 4.93. The number of hydrogen-bond donors (Lipinski definition) is 1. The van der Waals surface area contributed by atoms with Gasteiger partial charge in [-0.1, -0.05) is 24.3 Å². The number of aromatic amines is 1. The van der Waals surface area contributed by atoms with Gasteiger partial charge in [0.2, 0.25) is 0 Å². The standard InChI is InChI=1S/C18H18N2O/c1-11-7-12(2)17-15(8-11)19-18(20-17)14-9-13-5-3-4-6-16(13)21-10-14/h3-8,14H,9-10H2,1-2H3,(H,19,20). The van der Waals surface area contributed by atoms with Gasteiger partial charge in [0.25, 0.3) is 0 Å². The Morgan fingerprint density at radius 1 is 1.19 bits per heavy atom. The molecule has 0 spiro atoms. The molecule has 3 nitrogen and oxygen atoms in total. The number of para-hydroxylation sites is 1. The second-order valence-corrected chi connectivity index (χ2v) is 5.92. The molecule has 1 aromatic heterocycles. The van der Waals surface area contributed by atoms with Crippen molar-refractivity contribution in [2.24, 2.45) is 0 Å². The summed E-state index contributed by atoms with van der Waals surface area (Å²) in [4.78, 5) is 8.30. The number of aromatic nitrogens is 2. The van der Waals surface area contributed by atoms with E-state index in [2.05, 4.69) is 43.1 Å². The average molecular weight is 278 g/mol. The first-order chi connectivity index (χ1) is 10.2. The van der Waals surface area contributed by atoms with Crippen molar-refractivity contribution in [2.45, 2.75) is 26.2 Å². The maximum Gasteiger partial charge on any atom is 0.122 e. The summed E-state index contributed by atoms with van der Waals surface area (Å²) >= 11 is 0. The topological polar surface area (TPSA) is 37.9 Å². The lowest BCUT2D eigenvalue weighted by molar-refractivity contribution is 0.258. The van der Waals surface area contributed by atoms with Crippen LogP contribution in [0.25, 0.3) is 11.0 Å². The molecule has 0 amide bonds. The maximum atomic E-state index is 5.88. The highest BCUT2D eigenvalue weighted by atomic mass is 16.5. The van der Waals surface area contributed by atoms with E-state index in [-0.39, 0.29) is 0 Å². The summed E-state index contributed by atoms with van der Waals surface area (Å²) in [5.41, 5.74) is 5.96. The second-order valence-electron chi connectivity index (χ2n) is 5.92. The van der Waals surface area contributed by atoms with Crippen molar-refractivity contribution in [3.63, 3.8) is 0 Å². The lowest BCUT2D eigenvalue weighted by Gasteiger charge is -2.23. The zero-order valence-corrected chi connectivity index (χ0v) is 12.3. The van der Waals surface area contributed by atoms with E-state index in [1.54, 1.807) is 0 Å². The van der Waals surface area contributed by atoms with Crippen LogP contribution in [0, 0.1) is 13.8 Å². The molecule has 106 valence electrons. The minimum absolute atomic E-state index is 0.298. The van der Waals surface area contributed by atoms with E-state index in [0.717, 1.165) is 29.0 Å². The fourth-order valence-corrected chi connectivity index (χ4v) is 3.19. The Morgan fingerprint density at radius 2 is 2.05 bits per heavy atom. The van der Waals surface area contributed by atoms with Gasteiger partial charge in [0.1, 0.15) is 11.6 Å². The van der Waals surface area contributed by atoms with Gasteiger partial charge in [-0.15, -0.1) is 0 Å². The van der Waals surface area contributed by atoms with Crippen LogP contribution >= 0.6 is 0 Å². The number of imidazole rings is 1. The summed E-state index contributed by atoms with van der Waals surface area (Å²) in [5.74, 6) is 2.34. The Kier molecular flexibility index (Phi) is 2.74. The predicted octanol–water partition coefficient (Wildman–Crippen LogP) is 3.90. The maximum absolute atomic E-state index is 5.88. The smallest absolute Gasteiger partial charge is 0.122 e. The molecule has 21 heavy (non-hydrogen) atoms. The Bertz CT molecular complexity index is 819. The van der Waals surface area contributed by atoms with Crippen molar-refractivity contribution in [1.29, 1.82) is 0 Å². The molecule has 0 saturated heterocycles. The van der Waals surface area contributed by atoms with Crippen molar-refractivity contribution in [3.8, 4) is 5.75 Å². The van der Waals surface area contributed by atoms with E-state index < -0.39 is 0 Å². The lowest BCUT2D eigenvalue weighted by Crippen LogP contribution is -2.20. The molecular weight excluding hydrogens is 260 g/mol. The highest BCUT2D eigenvalue weighted by molar-refractivity contribution is 5.79. The Labute approximate surface area is 124 Å². The summed E-state index contributed by atoms with van der Waals surface area (Å²) in [7, 11) is 0. The first-order valence-electron chi connectivity index (χ1n) is 7.38. The van der Waals surface area contributed by atoms with Crippen LogP contribution in [-0.2, 0) is 6.42 Å². The summed E-state index contributed by atoms with van der Waals surface area (Å²) in [5, 5.41) is 0. The van der Waals surface area contributed by atoms with Crippen molar-refractivity contribution in [3.05, 3.63) is 58.9 Å². The fourth-order valence-electron chi connectivity index (χ4n) is 3.19. The second kappa shape index (κ2) is 4.62. The SMILES string of the molecule is Cc1cc(C)c2nc(C3COc4ccccc4C3)[nH]c2c1. The van der Waals surface area contributed by atoms with E-state index in [1.807, 2.05) is 12.1 Å². The zero-order valence-electron chi connectivity index (χ0n) is 12.3. The van der Waals surface area contributed by atoms with Gasteiger partial charge in [0.15, 0.2) is 0 Å². The molecule has 0 bridgehead atoms. The molecule has 0 saturated carbocycles. The van der Waals surface area contributed by atoms with Crippen LogP contribution < -0.4 is 4.74 Å². The molecule has 2 heterocycles. The van der Waals surface area contributed by atoms with E-state index >= 15 is 0 Å².